The minimum atomic E-state index is -4.43. The molecule has 0 heterocycles. The van der Waals surface area contributed by atoms with Crippen molar-refractivity contribution >= 4 is 32.7 Å². The van der Waals surface area contributed by atoms with Crippen LogP contribution in [0.5, 0.6) is 11.5 Å². The van der Waals surface area contributed by atoms with Gasteiger partial charge in [0, 0.05) is 23.6 Å². The smallest absolute Gasteiger partial charge is 0.294 e. The lowest BCUT2D eigenvalue weighted by molar-refractivity contribution is 0.390. The fraction of sp³-hybridized carbons (Fsp3) is 0.300. The highest BCUT2D eigenvalue weighted by Gasteiger charge is 2.24. The van der Waals surface area contributed by atoms with Gasteiger partial charge >= 0.3 is 0 Å². The maximum atomic E-state index is 11.3. The SMILES string of the molecule is O=S(=O)(O)c1ccc(O)c(C=NC2CCCCC2N=Cc2cc(S(=O)(=O)O)ccc2O)c1. The lowest BCUT2D eigenvalue weighted by atomic mass is 9.91. The van der Waals surface area contributed by atoms with Crippen LogP contribution in [0.2, 0.25) is 0 Å². The summed E-state index contributed by atoms with van der Waals surface area (Å²) in [6.07, 6.45) is 5.75. The number of aliphatic imine (C=N–C) groups is 2. The first kappa shape index (κ1) is 23.9. The predicted molar refractivity (Wildman–Crippen MR) is 117 cm³/mol. The van der Waals surface area contributed by atoms with Gasteiger partial charge in [0.05, 0.1) is 21.9 Å². The molecule has 1 aliphatic carbocycles. The van der Waals surface area contributed by atoms with E-state index in [9.17, 15) is 36.2 Å². The van der Waals surface area contributed by atoms with Crippen molar-refractivity contribution in [2.75, 3.05) is 0 Å². The Balaban J connectivity index is 1.85. The van der Waals surface area contributed by atoms with E-state index in [1.54, 1.807) is 0 Å². The molecular weight excluding hydrogens is 460 g/mol. The molecule has 1 aliphatic rings. The summed E-state index contributed by atoms with van der Waals surface area (Å²) in [5.74, 6) is -0.409. The third-order valence-electron chi connectivity index (χ3n) is 5.10. The molecule has 0 aliphatic heterocycles. The Kier molecular flexibility index (Phi) is 6.98. The number of phenols is 2. The lowest BCUT2D eigenvalue weighted by Gasteiger charge is -2.25. The molecule has 2 aromatic carbocycles. The third kappa shape index (κ3) is 5.91. The number of benzene rings is 2. The van der Waals surface area contributed by atoms with E-state index in [-0.39, 0.29) is 44.5 Å². The molecule has 1 fully saturated rings. The molecule has 0 amide bonds. The van der Waals surface area contributed by atoms with Gasteiger partial charge in [-0.15, -0.1) is 0 Å². The standard InChI is InChI=1S/C20H22N2O8S2/c23-19-7-5-15(31(25,26)27)9-13(19)11-21-17-3-1-2-4-18(17)22-12-14-10-16(32(28,29)30)6-8-20(14)24/h5-12,17-18,23-24H,1-4H2,(H,25,26,27)(H,28,29,30). The van der Waals surface area contributed by atoms with Gasteiger partial charge in [-0.05, 0) is 49.2 Å². The van der Waals surface area contributed by atoms with E-state index in [0.717, 1.165) is 49.2 Å². The first-order valence-electron chi connectivity index (χ1n) is 9.62. The van der Waals surface area contributed by atoms with Gasteiger partial charge in [0.1, 0.15) is 11.5 Å². The molecule has 2 unspecified atom stereocenters. The second-order valence-electron chi connectivity index (χ2n) is 7.37. The molecule has 10 nitrogen and oxygen atoms in total. The molecule has 0 bridgehead atoms. The van der Waals surface area contributed by atoms with Crippen molar-refractivity contribution in [3.8, 4) is 11.5 Å². The van der Waals surface area contributed by atoms with Gasteiger partial charge in [-0.3, -0.25) is 19.1 Å². The Morgan fingerprint density at radius 1 is 0.719 bits per heavy atom. The molecule has 0 aromatic heterocycles. The zero-order valence-corrected chi connectivity index (χ0v) is 18.4. The highest BCUT2D eigenvalue weighted by Crippen LogP contribution is 2.26. The molecule has 0 spiro atoms. The highest BCUT2D eigenvalue weighted by molar-refractivity contribution is 7.86. The zero-order chi connectivity index (χ0) is 23.5. The highest BCUT2D eigenvalue weighted by atomic mass is 32.2. The quantitative estimate of drug-likeness (QED) is 0.359. The molecule has 1 saturated carbocycles. The van der Waals surface area contributed by atoms with Crippen molar-refractivity contribution in [2.45, 2.75) is 47.6 Å². The summed E-state index contributed by atoms with van der Waals surface area (Å²) in [7, 11) is -8.87. The van der Waals surface area contributed by atoms with Crippen molar-refractivity contribution in [1.29, 1.82) is 0 Å². The molecule has 2 atom stereocenters. The minimum Gasteiger partial charge on any atom is -0.507 e. The summed E-state index contributed by atoms with van der Waals surface area (Å²) in [4.78, 5) is 8.13. The van der Waals surface area contributed by atoms with E-state index in [2.05, 4.69) is 9.98 Å². The van der Waals surface area contributed by atoms with Crippen molar-refractivity contribution < 1.29 is 36.2 Å². The third-order valence-corrected chi connectivity index (χ3v) is 6.80. The summed E-state index contributed by atoms with van der Waals surface area (Å²) < 4.78 is 63.7. The lowest BCUT2D eigenvalue weighted by Crippen LogP contribution is -2.27. The van der Waals surface area contributed by atoms with Gasteiger partial charge in [-0.1, -0.05) is 12.8 Å². The molecule has 32 heavy (non-hydrogen) atoms. The van der Waals surface area contributed by atoms with E-state index in [1.165, 1.54) is 12.4 Å². The summed E-state index contributed by atoms with van der Waals surface area (Å²) in [6.45, 7) is 0. The topological polar surface area (TPSA) is 174 Å². The van der Waals surface area contributed by atoms with Crippen LogP contribution in [0, 0.1) is 0 Å². The number of rotatable bonds is 6. The molecule has 172 valence electrons. The first-order valence-corrected chi connectivity index (χ1v) is 12.5. The van der Waals surface area contributed by atoms with Crippen molar-refractivity contribution in [1.82, 2.24) is 0 Å². The average molecular weight is 483 g/mol. The first-order chi connectivity index (χ1) is 14.9. The Labute approximate surface area is 185 Å². The van der Waals surface area contributed by atoms with E-state index < -0.39 is 20.2 Å². The molecule has 0 saturated heterocycles. The Hall–Kier alpha value is -2.80. The number of hydrogen-bond acceptors (Lipinski definition) is 8. The zero-order valence-electron chi connectivity index (χ0n) is 16.7. The van der Waals surface area contributed by atoms with E-state index in [4.69, 9.17) is 0 Å². The molecule has 2 aromatic rings. The second-order valence-corrected chi connectivity index (χ2v) is 10.2. The van der Waals surface area contributed by atoms with Gasteiger partial charge < -0.3 is 10.2 Å². The molecule has 3 rings (SSSR count). The predicted octanol–water partition coefficient (Wildman–Crippen LogP) is 2.44. The maximum Gasteiger partial charge on any atom is 0.294 e. The largest absolute Gasteiger partial charge is 0.507 e. The normalized spacial score (nSPS) is 20.2. The van der Waals surface area contributed by atoms with Crippen LogP contribution in [0.25, 0.3) is 0 Å². The minimum absolute atomic E-state index is 0.118. The van der Waals surface area contributed by atoms with Crippen molar-refractivity contribution in [3.63, 3.8) is 0 Å². The van der Waals surface area contributed by atoms with Crippen LogP contribution in [0.15, 0.2) is 56.2 Å². The van der Waals surface area contributed by atoms with Crippen LogP contribution in [0.4, 0.5) is 0 Å². The molecule has 0 radical (unpaired) electrons. The van der Waals surface area contributed by atoms with Gasteiger partial charge in [0.25, 0.3) is 20.2 Å². The van der Waals surface area contributed by atoms with Crippen LogP contribution >= 0.6 is 0 Å². The van der Waals surface area contributed by atoms with E-state index in [1.807, 2.05) is 0 Å². The van der Waals surface area contributed by atoms with Crippen LogP contribution in [-0.2, 0) is 20.2 Å². The summed E-state index contributed by atoms with van der Waals surface area (Å²) in [5, 5.41) is 20.0. The van der Waals surface area contributed by atoms with Crippen LogP contribution in [0.1, 0.15) is 36.8 Å². The van der Waals surface area contributed by atoms with Crippen LogP contribution < -0.4 is 0 Å². The number of nitrogens with zero attached hydrogens (tertiary/aromatic N) is 2. The summed E-state index contributed by atoms with van der Waals surface area (Å²) in [5.41, 5.74) is 0.235. The Morgan fingerprint density at radius 3 is 1.44 bits per heavy atom. The van der Waals surface area contributed by atoms with Crippen LogP contribution in [0.3, 0.4) is 0 Å². The Morgan fingerprint density at radius 2 is 1.09 bits per heavy atom. The molecule has 12 heteroatoms. The fourth-order valence-electron chi connectivity index (χ4n) is 3.38. The molecular formula is C20H22N2O8S2. The van der Waals surface area contributed by atoms with Gasteiger partial charge in [-0.25, -0.2) is 0 Å². The van der Waals surface area contributed by atoms with Gasteiger partial charge in [0.15, 0.2) is 0 Å². The number of aromatic hydroxyl groups is 2. The second kappa shape index (κ2) is 9.36. The number of phenolic OH excluding ortho intramolecular Hbond substituents is 2. The van der Waals surface area contributed by atoms with E-state index >= 15 is 0 Å². The van der Waals surface area contributed by atoms with Crippen molar-refractivity contribution in [3.05, 3.63) is 47.5 Å². The van der Waals surface area contributed by atoms with Crippen molar-refractivity contribution in [2.24, 2.45) is 9.98 Å². The Bertz CT molecular complexity index is 1170. The maximum absolute atomic E-state index is 11.3. The van der Waals surface area contributed by atoms with Crippen LogP contribution in [-0.4, -0.2) is 60.7 Å². The van der Waals surface area contributed by atoms with E-state index in [0.29, 0.717) is 12.8 Å². The molecule has 4 N–H and O–H groups in total. The monoisotopic (exact) mass is 482 g/mol. The van der Waals surface area contributed by atoms with Gasteiger partial charge in [-0.2, -0.15) is 16.8 Å². The summed E-state index contributed by atoms with van der Waals surface area (Å²) >= 11 is 0. The summed E-state index contributed by atoms with van der Waals surface area (Å²) in [6, 6.07) is 6.03. The fourth-order valence-corrected chi connectivity index (χ4v) is 4.42. The number of hydrogen-bond donors (Lipinski definition) is 4. The average Bonchev–Trinajstić information content (AvgIpc) is 2.71. The van der Waals surface area contributed by atoms with Gasteiger partial charge in [0.2, 0.25) is 0 Å².